The van der Waals surface area contributed by atoms with Gasteiger partial charge in [-0.15, -0.1) is 0 Å². The second kappa shape index (κ2) is 5.19. The van der Waals surface area contributed by atoms with E-state index in [1.807, 2.05) is 13.2 Å². The molecule has 5 fully saturated rings. The topological polar surface area (TPSA) is 41.9 Å². The van der Waals surface area contributed by atoms with E-state index in [9.17, 15) is 5.11 Å². The third-order valence-electron chi connectivity index (χ3n) is 10.7. The van der Waals surface area contributed by atoms with Gasteiger partial charge in [-0.2, -0.15) is 0 Å². The number of phenolic OH excluding ortho intramolecular Hbond substituents is 1. The van der Waals surface area contributed by atoms with Crippen LogP contribution in [0.3, 0.4) is 0 Å². The Hall–Kier alpha value is -1.13. The second-order valence-electron chi connectivity index (χ2n) is 11.1. The van der Waals surface area contributed by atoms with Gasteiger partial charge in [-0.05, 0) is 73.8 Å². The largest absolute Gasteiger partial charge is 0.504 e. The minimum atomic E-state index is -0.246. The molecule has 2 aliphatic heterocycles. The Morgan fingerprint density at radius 1 is 1.21 bits per heavy atom. The van der Waals surface area contributed by atoms with Crippen molar-refractivity contribution in [1.82, 2.24) is 4.90 Å². The highest BCUT2D eigenvalue weighted by atomic mass is 16.6. The third-order valence-corrected chi connectivity index (χ3v) is 10.7. The molecular weight excluding hydrogens is 360 g/mol. The number of rotatable bonds is 3. The normalized spacial score (nSPS) is 49.0. The van der Waals surface area contributed by atoms with Gasteiger partial charge >= 0.3 is 0 Å². The Morgan fingerprint density at radius 3 is 2.79 bits per heavy atom. The van der Waals surface area contributed by atoms with Crippen molar-refractivity contribution in [2.75, 3.05) is 20.2 Å². The molecule has 1 aromatic carbocycles. The van der Waals surface area contributed by atoms with E-state index in [0.29, 0.717) is 23.4 Å². The molecule has 1 aromatic rings. The van der Waals surface area contributed by atoms with Crippen LogP contribution in [0, 0.1) is 11.3 Å². The molecule has 4 nitrogen and oxygen atoms in total. The van der Waals surface area contributed by atoms with E-state index in [4.69, 9.17) is 9.47 Å². The highest BCUT2D eigenvalue weighted by Gasteiger charge is 2.81. The summed E-state index contributed by atoms with van der Waals surface area (Å²) in [6.07, 6.45) is 7.44. The number of phenols is 1. The van der Waals surface area contributed by atoms with Gasteiger partial charge in [0.2, 0.25) is 0 Å². The second-order valence-corrected chi connectivity index (χ2v) is 11.1. The summed E-state index contributed by atoms with van der Waals surface area (Å²) >= 11 is 0. The summed E-state index contributed by atoms with van der Waals surface area (Å²) in [5, 5.41) is 10.8. The van der Waals surface area contributed by atoms with Crippen LogP contribution in [0.1, 0.15) is 43.2 Å². The lowest BCUT2D eigenvalue weighted by Crippen LogP contribution is -2.81. The molecule has 0 aromatic heterocycles. The summed E-state index contributed by atoms with van der Waals surface area (Å²) in [5.74, 6) is 3.08. The van der Waals surface area contributed by atoms with E-state index < -0.39 is 0 Å². The number of hydrogen-bond donors (Lipinski definition) is 1. The number of hydrogen-bond acceptors (Lipinski definition) is 4. The molecule has 29 heavy (non-hydrogen) atoms. The van der Waals surface area contributed by atoms with Gasteiger partial charge in [-0.1, -0.05) is 11.9 Å². The molecule has 8 rings (SSSR count). The molecule has 5 aliphatic carbocycles. The fraction of sp³-hybridized carbons (Fsp3) is 0.739. The first kappa shape index (κ1) is 17.5. The highest BCUT2D eigenvalue weighted by Crippen LogP contribution is 2.80. The zero-order chi connectivity index (χ0) is 19.8. The van der Waals surface area contributed by atoms with Crippen molar-refractivity contribution < 1.29 is 14.6 Å². The predicted molar refractivity (Wildman–Crippen MR) is 117 cm³/mol. The molecule has 2 heterocycles. The number of nitrogens with zero attached hydrogens (tertiary/aromatic N) is 1. The molecule has 6 heteroatoms. The smallest absolute Gasteiger partial charge is 0.165 e. The van der Waals surface area contributed by atoms with Crippen LogP contribution in [0.25, 0.3) is 0 Å². The van der Waals surface area contributed by atoms with E-state index in [-0.39, 0.29) is 22.5 Å². The Morgan fingerprint density at radius 2 is 2.03 bits per heavy atom. The van der Waals surface area contributed by atoms with Gasteiger partial charge in [-0.25, -0.2) is 0 Å². The fourth-order valence-corrected chi connectivity index (χ4v) is 9.28. The van der Waals surface area contributed by atoms with Crippen molar-refractivity contribution in [2.24, 2.45) is 11.3 Å². The Bertz CT molecular complexity index is 922. The summed E-state index contributed by atoms with van der Waals surface area (Å²) in [6, 6.07) is 4.66. The molecular formula is C23H31B2NO3. The van der Waals surface area contributed by atoms with Crippen molar-refractivity contribution in [3.05, 3.63) is 23.3 Å². The van der Waals surface area contributed by atoms with Crippen molar-refractivity contribution >= 4 is 15.7 Å². The molecule has 1 saturated heterocycles. The van der Waals surface area contributed by atoms with Crippen LogP contribution in [0.2, 0.25) is 11.6 Å². The van der Waals surface area contributed by atoms with Crippen LogP contribution in [-0.4, -0.2) is 63.6 Å². The zero-order valence-corrected chi connectivity index (χ0v) is 17.9. The number of likely N-dealkylation sites (tertiary alicyclic amines) is 1. The van der Waals surface area contributed by atoms with Crippen LogP contribution in [-0.2, 0) is 16.6 Å². The average molecular weight is 391 g/mol. The number of piperidine rings is 1. The van der Waals surface area contributed by atoms with E-state index in [0.717, 1.165) is 37.5 Å². The summed E-state index contributed by atoms with van der Waals surface area (Å²) < 4.78 is 13.2. The van der Waals surface area contributed by atoms with Gasteiger partial charge in [-0.3, -0.25) is 4.90 Å². The third kappa shape index (κ3) is 1.67. The summed E-state index contributed by atoms with van der Waals surface area (Å²) in [7, 11) is 6.81. The quantitative estimate of drug-likeness (QED) is 0.793. The molecule has 1 N–H and O–H groups in total. The van der Waals surface area contributed by atoms with Gasteiger partial charge < -0.3 is 14.6 Å². The molecule has 2 unspecified atom stereocenters. The molecule has 0 radical (unpaired) electrons. The Kier molecular flexibility index (Phi) is 3.14. The minimum absolute atomic E-state index is 0.000436. The lowest BCUT2D eigenvalue weighted by Gasteiger charge is -2.76. The van der Waals surface area contributed by atoms with Crippen LogP contribution < -0.4 is 4.74 Å². The van der Waals surface area contributed by atoms with Gasteiger partial charge in [0.1, 0.15) is 27.4 Å². The molecule has 4 saturated carbocycles. The van der Waals surface area contributed by atoms with Crippen molar-refractivity contribution in [3.63, 3.8) is 0 Å². The minimum Gasteiger partial charge on any atom is -0.504 e. The number of aromatic hydroxyl groups is 1. The maximum Gasteiger partial charge on any atom is 0.165 e. The monoisotopic (exact) mass is 391 g/mol. The first-order chi connectivity index (χ1) is 14.0. The number of methoxy groups -OCH3 is 1. The van der Waals surface area contributed by atoms with Crippen LogP contribution >= 0.6 is 0 Å². The highest BCUT2D eigenvalue weighted by molar-refractivity contribution is 6.23. The number of benzene rings is 1. The molecule has 152 valence electrons. The molecule has 7 aliphatic rings. The summed E-state index contributed by atoms with van der Waals surface area (Å²) in [6.45, 7) is 2.45. The predicted octanol–water partition coefficient (Wildman–Crippen LogP) is 1.45. The Labute approximate surface area is 175 Å². The lowest BCUT2D eigenvalue weighted by atomic mass is 9.27. The number of fused-ring (bicyclic) bond motifs is 2. The van der Waals surface area contributed by atoms with Crippen LogP contribution in [0.4, 0.5) is 0 Å². The van der Waals surface area contributed by atoms with Crippen molar-refractivity contribution in [3.8, 4) is 11.5 Å². The summed E-state index contributed by atoms with van der Waals surface area (Å²) in [4.78, 5) is 2.88. The zero-order valence-electron chi connectivity index (χ0n) is 17.9. The van der Waals surface area contributed by atoms with Gasteiger partial charge in [0.25, 0.3) is 0 Å². The standard InChI is InChI=1S/C23H31B2NO3/c1-28-23-7-6-21(18(24)19(23)25)15-10-13-4-5-14(27)17-16(13)22(21,20(23)29-17)8-9-26(15)11-12-2-3-12/h4-5,12,15,18-20,27H,2-3,6-11,24-25H2,1H3/t15-,18?,19+,20-,21-,22+,23?/m0/s1. The molecule has 4 bridgehead atoms. The van der Waals surface area contributed by atoms with Gasteiger partial charge in [0, 0.05) is 30.7 Å². The van der Waals surface area contributed by atoms with E-state index in [1.165, 1.54) is 36.9 Å². The Balaban J connectivity index is 1.52. The maximum absolute atomic E-state index is 10.8. The van der Waals surface area contributed by atoms with Gasteiger partial charge in [0.05, 0.1) is 0 Å². The van der Waals surface area contributed by atoms with Crippen molar-refractivity contribution in [2.45, 2.75) is 73.3 Å². The molecule has 0 amide bonds. The summed E-state index contributed by atoms with van der Waals surface area (Å²) in [5.41, 5.74) is 2.78. The number of ether oxygens (including phenoxy) is 2. The molecule has 2 spiro atoms. The maximum atomic E-state index is 10.8. The SMILES string of the molecule is BC1[C@@H](B)C2(OC)CC[C@]13[C@@H]1Cc4ccc(O)c5c4[C@]3(CCN1CC1CC1)[C@@H]2O5. The van der Waals surface area contributed by atoms with Crippen molar-refractivity contribution in [1.29, 1.82) is 0 Å². The first-order valence-corrected chi connectivity index (χ1v) is 11.8. The van der Waals surface area contributed by atoms with Gasteiger partial charge in [0.15, 0.2) is 11.5 Å². The van der Waals surface area contributed by atoms with E-state index in [2.05, 4.69) is 26.7 Å². The average Bonchev–Trinajstić information content (AvgIpc) is 3.47. The molecule has 7 atom stereocenters. The lowest BCUT2D eigenvalue weighted by molar-refractivity contribution is -0.249. The van der Waals surface area contributed by atoms with Crippen LogP contribution in [0.5, 0.6) is 11.5 Å². The fourth-order valence-electron chi connectivity index (χ4n) is 9.28. The van der Waals surface area contributed by atoms with E-state index >= 15 is 0 Å². The van der Waals surface area contributed by atoms with E-state index in [1.54, 1.807) is 0 Å². The first-order valence-electron chi connectivity index (χ1n) is 11.8. The van der Waals surface area contributed by atoms with Crippen LogP contribution in [0.15, 0.2) is 12.1 Å².